The van der Waals surface area contributed by atoms with Crippen LogP contribution in [-0.4, -0.2) is 59.4 Å². The molecular weight excluding hydrogens is 260 g/mol. The van der Waals surface area contributed by atoms with Gasteiger partial charge in [0.1, 0.15) is 0 Å². The van der Waals surface area contributed by atoms with Gasteiger partial charge in [-0.25, -0.2) is 0 Å². The van der Waals surface area contributed by atoms with Crippen LogP contribution >= 0.6 is 0 Å². The zero-order valence-corrected chi connectivity index (χ0v) is 11.9. The fourth-order valence-corrected chi connectivity index (χ4v) is 3.12. The van der Waals surface area contributed by atoms with E-state index in [2.05, 4.69) is 0 Å². The van der Waals surface area contributed by atoms with Crippen molar-refractivity contribution < 1.29 is 19.5 Å². The summed E-state index contributed by atoms with van der Waals surface area (Å²) in [6, 6.07) is 0. The number of rotatable bonds is 4. The van der Waals surface area contributed by atoms with Crippen LogP contribution in [0.2, 0.25) is 0 Å². The standard InChI is InChI=1S/C14H22N2O4/c1-15-9-11(7-12(15)17)14(20)16-6-2-3-10(8-16)4-5-13(18)19/h10-11H,2-9H2,1H3,(H,18,19)/t10-,11-/m0/s1. The van der Waals surface area contributed by atoms with Gasteiger partial charge >= 0.3 is 5.97 Å². The molecule has 2 atom stereocenters. The molecule has 0 aromatic rings. The summed E-state index contributed by atoms with van der Waals surface area (Å²) in [5, 5.41) is 8.73. The highest BCUT2D eigenvalue weighted by Crippen LogP contribution is 2.25. The number of amides is 2. The molecule has 2 fully saturated rings. The van der Waals surface area contributed by atoms with Gasteiger partial charge in [-0.15, -0.1) is 0 Å². The molecule has 2 saturated heterocycles. The highest BCUT2D eigenvalue weighted by Gasteiger charge is 2.36. The van der Waals surface area contributed by atoms with Crippen molar-refractivity contribution >= 4 is 17.8 Å². The first-order chi connectivity index (χ1) is 9.47. The smallest absolute Gasteiger partial charge is 0.303 e. The summed E-state index contributed by atoms with van der Waals surface area (Å²) in [5.41, 5.74) is 0. The Kier molecular flexibility index (Phi) is 4.62. The van der Waals surface area contributed by atoms with Crippen LogP contribution in [0.4, 0.5) is 0 Å². The second-order valence-corrected chi connectivity index (χ2v) is 5.90. The van der Waals surface area contributed by atoms with Gasteiger partial charge < -0.3 is 14.9 Å². The van der Waals surface area contributed by atoms with Crippen LogP contribution in [0.15, 0.2) is 0 Å². The third-order valence-electron chi connectivity index (χ3n) is 4.29. The molecule has 6 nitrogen and oxygen atoms in total. The number of likely N-dealkylation sites (tertiary alicyclic amines) is 2. The lowest BCUT2D eigenvalue weighted by atomic mass is 9.92. The van der Waals surface area contributed by atoms with Crippen molar-refractivity contribution in [3.63, 3.8) is 0 Å². The predicted molar refractivity (Wildman–Crippen MR) is 71.9 cm³/mol. The molecule has 0 aromatic heterocycles. The Morgan fingerprint density at radius 3 is 2.70 bits per heavy atom. The van der Waals surface area contributed by atoms with Gasteiger partial charge in [-0.05, 0) is 25.2 Å². The maximum Gasteiger partial charge on any atom is 0.303 e. The molecule has 2 aliphatic rings. The molecule has 1 N–H and O–H groups in total. The Hall–Kier alpha value is -1.59. The van der Waals surface area contributed by atoms with E-state index >= 15 is 0 Å². The van der Waals surface area contributed by atoms with Crippen molar-refractivity contribution in [1.29, 1.82) is 0 Å². The van der Waals surface area contributed by atoms with Crippen LogP contribution in [0.25, 0.3) is 0 Å². The predicted octanol–water partition coefficient (Wildman–Crippen LogP) is 0.568. The molecule has 20 heavy (non-hydrogen) atoms. The molecule has 0 bridgehead atoms. The third-order valence-corrected chi connectivity index (χ3v) is 4.29. The van der Waals surface area contributed by atoms with Gasteiger partial charge in [0.2, 0.25) is 11.8 Å². The van der Waals surface area contributed by atoms with Crippen LogP contribution < -0.4 is 0 Å². The Labute approximate surface area is 118 Å². The summed E-state index contributed by atoms with van der Waals surface area (Å²) < 4.78 is 0. The lowest BCUT2D eigenvalue weighted by Crippen LogP contribution is -2.43. The highest BCUT2D eigenvalue weighted by molar-refractivity contribution is 5.89. The Morgan fingerprint density at radius 1 is 1.35 bits per heavy atom. The van der Waals surface area contributed by atoms with Crippen molar-refractivity contribution in [3.8, 4) is 0 Å². The summed E-state index contributed by atoms with van der Waals surface area (Å²) in [4.78, 5) is 38.0. The maximum absolute atomic E-state index is 12.4. The van der Waals surface area contributed by atoms with E-state index in [1.54, 1.807) is 11.9 Å². The minimum atomic E-state index is -0.781. The van der Waals surface area contributed by atoms with Crippen LogP contribution in [0.5, 0.6) is 0 Å². The van der Waals surface area contributed by atoms with Crippen molar-refractivity contribution in [3.05, 3.63) is 0 Å². The quantitative estimate of drug-likeness (QED) is 0.817. The van der Waals surface area contributed by atoms with Crippen LogP contribution in [0.3, 0.4) is 0 Å². The van der Waals surface area contributed by atoms with Gasteiger partial charge in [-0.2, -0.15) is 0 Å². The van der Waals surface area contributed by atoms with Gasteiger partial charge in [0.25, 0.3) is 0 Å². The zero-order chi connectivity index (χ0) is 14.7. The second kappa shape index (κ2) is 6.24. The number of carbonyl (C=O) groups is 3. The van der Waals surface area contributed by atoms with Gasteiger partial charge in [-0.3, -0.25) is 14.4 Å². The topological polar surface area (TPSA) is 77.9 Å². The number of hydrogen-bond donors (Lipinski definition) is 1. The molecule has 2 aliphatic heterocycles. The molecule has 0 spiro atoms. The molecule has 0 radical (unpaired) electrons. The molecular formula is C14H22N2O4. The SMILES string of the molecule is CN1C[C@@H](C(=O)N2CCC[C@@H](CCC(=O)O)C2)CC1=O. The third kappa shape index (κ3) is 3.49. The second-order valence-electron chi connectivity index (χ2n) is 5.90. The molecule has 0 aromatic carbocycles. The van der Waals surface area contributed by atoms with Crippen LogP contribution in [-0.2, 0) is 14.4 Å². The molecule has 6 heteroatoms. The molecule has 2 rings (SSSR count). The van der Waals surface area contributed by atoms with Crippen molar-refractivity contribution in [2.45, 2.75) is 32.1 Å². The number of hydrogen-bond acceptors (Lipinski definition) is 3. The van der Waals surface area contributed by atoms with E-state index in [0.29, 0.717) is 25.9 Å². The normalized spacial score (nSPS) is 26.9. The first kappa shape index (κ1) is 14.8. The summed E-state index contributed by atoms with van der Waals surface area (Å²) in [6.07, 6.45) is 3.01. The molecule has 0 saturated carbocycles. The Balaban J connectivity index is 1.87. The first-order valence-corrected chi connectivity index (χ1v) is 7.22. The summed E-state index contributed by atoms with van der Waals surface area (Å²) >= 11 is 0. The van der Waals surface area contributed by atoms with E-state index in [1.165, 1.54) is 0 Å². The van der Waals surface area contributed by atoms with Crippen LogP contribution in [0.1, 0.15) is 32.1 Å². The van der Waals surface area contributed by atoms with Crippen molar-refractivity contribution in [2.75, 3.05) is 26.7 Å². The molecule has 2 heterocycles. The van der Waals surface area contributed by atoms with Gasteiger partial charge in [0, 0.05) is 39.5 Å². The van der Waals surface area contributed by atoms with Crippen molar-refractivity contribution in [2.24, 2.45) is 11.8 Å². The van der Waals surface area contributed by atoms with E-state index in [1.807, 2.05) is 4.90 Å². The Bertz CT molecular complexity index is 410. The van der Waals surface area contributed by atoms with E-state index in [-0.39, 0.29) is 30.1 Å². The minimum Gasteiger partial charge on any atom is -0.481 e. The van der Waals surface area contributed by atoms with E-state index < -0.39 is 5.97 Å². The van der Waals surface area contributed by atoms with Gasteiger partial charge in [0.05, 0.1) is 5.92 Å². The molecule has 2 amide bonds. The Morgan fingerprint density at radius 2 is 2.10 bits per heavy atom. The fourth-order valence-electron chi connectivity index (χ4n) is 3.12. The average molecular weight is 282 g/mol. The molecule has 0 unspecified atom stereocenters. The summed E-state index contributed by atoms with van der Waals surface area (Å²) in [7, 11) is 1.72. The molecule has 0 aliphatic carbocycles. The highest BCUT2D eigenvalue weighted by atomic mass is 16.4. The lowest BCUT2D eigenvalue weighted by Gasteiger charge is -2.34. The largest absolute Gasteiger partial charge is 0.481 e. The first-order valence-electron chi connectivity index (χ1n) is 7.22. The molecule has 112 valence electrons. The number of nitrogens with zero attached hydrogens (tertiary/aromatic N) is 2. The average Bonchev–Trinajstić information content (AvgIpc) is 2.76. The van der Waals surface area contributed by atoms with Gasteiger partial charge in [-0.1, -0.05) is 0 Å². The summed E-state index contributed by atoms with van der Waals surface area (Å²) in [5.74, 6) is -0.633. The fraction of sp³-hybridized carbons (Fsp3) is 0.786. The lowest BCUT2D eigenvalue weighted by molar-refractivity contribution is -0.138. The number of carboxylic acid groups (broad SMARTS) is 1. The van der Waals surface area contributed by atoms with Crippen molar-refractivity contribution in [1.82, 2.24) is 9.80 Å². The van der Waals surface area contributed by atoms with Gasteiger partial charge in [0.15, 0.2) is 0 Å². The number of carboxylic acids is 1. The van der Waals surface area contributed by atoms with E-state index in [4.69, 9.17) is 5.11 Å². The van der Waals surface area contributed by atoms with E-state index in [9.17, 15) is 14.4 Å². The minimum absolute atomic E-state index is 0.0304. The number of aliphatic carboxylic acids is 1. The monoisotopic (exact) mass is 282 g/mol. The number of piperidine rings is 1. The van der Waals surface area contributed by atoms with E-state index in [0.717, 1.165) is 19.4 Å². The van der Waals surface area contributed by atoms with Crippen LogP contribution in [0, 0.1) is 11.8 Å². The summed E-state index contributed by atoms with van der Waals surface area (Å²) in [6.45, 7) is 1.88. The maximum atomic E-state index is 12.4. The number of carbonyl (C=O) groups excluding carboxylic acids is 2. The zero-order valence-electron chi connectivity index (χ0n) is 11.9.